The molecular formula is C34H39N3O8. The van der Waals surface area contributed by atoms with Gasteiger partial charge in [0.2, 0.25) is 5.78 Å². The summed E-state index contributed by atoms with van der Waals surface area (Å²) in [5.41, 5.74) is 4.12. The van der Waals surface area contributed by atoms with Crippen molar-refractivity contribution in [3.8, 4) is 11.5 Å². The van der Waals surface area contributed by atoms with Crippen molar-refractivity contribution in [2.75, 3.05) is 27.7 Å². The third kappa shape index (κ3) is 4.99. The van der Waals surface area contributed by atoms with Crippen LogP contribution in [-0.4, -0.2) is 87.1 Å². The quantitative estimate of drug-likeness (QED) is 0.263. The van der Waals surface area contributed by atoms with E-state index >= 15 is 0 Å². The Morgan fingerprint density at radius 1 is 1.09 bits per heavy atom. The van der Waals surface area contributed by atoms with Gasteiger partial charge in [-0.25, -0.2) is 0 Å². The minimum atomic E-state index is -2.68. The summed E-state index contributed by atoms with van der Waals surface area (Å²) in [7, 11) is 4.67. The Kier molecular flexibility index (Phi) is 7.75. The molecule has 45 heavy (non-hydrogen) atoms. The predicted octanol–water partition coefficient (Wildman–Crippen LogP) is 2.38. The molecule has 238 valence electrons. The van der Waals surface area contributed by atoms with E-state index in [1.807, 2.05) is 18.2 Å². The number of amides is 1. The molecule has 0 saturated heterocycles. The predicted molar refractivity (Wildman–Crippen MR) is 164 cm³/mol. The van der Waals surface area contributed by atoms with Crippen molar-refractivity contribution < 1.29 is 39.5 Å². The number of fused-ring (bicyclic) bond motifs is 3. The normalized spacial score (nSPS) is 26.2. The molecular weight excluding hydrogens is 578 g/mol. The van der Waals surface area contributed by atoms with Gasteiger partial charge in [-0.2, -0.15) is 0 Å². The topological polar surface area (TPSA) is 174 Å². The first-order chi connectivity index (χ1) is 21.4. The monoisotopic (exact) mass is 617 g/mol. The number of nitrogens with two attached hydrogens (primary N) is 1. The van der Waals surface area contributed by atoms with Crippen LogP contribution in [0.5, 0.6) is 11.5 Å². The molecule has 0 heterocycles. The lowest BCUT2D eigenvalue weighted by Gasteiger charge is -2.50. The summed E-state index contributed by atoms with van der Waals surface area (Å²) < 4.78 is 5.92. The third-order valence-electron chi connectivity index (χ3n) is 9.81. The van der Waals surface area contributed by atoms with Crippen LogP contribution in [0.25, 0.3) is 5.76 Å². The van der Waals surface area contributed by atoms with E-state index in [1.54, 1.807) is 14.1 Å². The Balaban J connectivity index is 1.43. The molecule has 4 aliphatic carbocycles. The lowest BCUT2D eigenvalue weighted by molar-refractivity contribution is -0.153. The van der Waals surface area contributed by atoms with E-state index in [0.29, 0.717) is 30.3 Å². The number of hydrogen-bond acceptors (Lipinski definition) is 10. The Morgan fingerprint density at radius 3 is 2.38 bits per heavy atom. The smallest absolute Gasteiger partial charge is 0.255 e. The number of likely N-dealkylation sites (N-methyl/N-ethyl adjacent to an activating group) is 1. The number of phenols is 1. The molecule has 11 nitrogen and oxygen atoms in total. The van der Waals surface area contributed by atoms with Crippen LogP contribution in [0, 0.1) is 17.8 Å². The zero-order valence-corrected chi connectivity index (χ0v) is 25.6. The highest BCUT2D eigenvalue weighted by atomic mass is 16.5. The van der Waals surface area contributed by atoms with Crippen LogP contribution in [0.15, 0.2) is 53.3 Å². The number of benzene rings is 2. The molecule has 2 saturated carbocycles. The molecule has 0 aromatic heterocycles. The summed E-state index contributed by atoms with van der Waals surface area (Å²) in [6.45, 7) is 2.06. The van der Waals surface area contributed by atoms with E-state index < -0.39 is 58.0 Å². The highest BCUT2D eigenvalue weighted by Gasteiger charge is 2.64. The van der Waals surface area contributed by atoms with Crippen LogP contribution in [-0.2, 0) is 33.9 Å². The SMILES string of the molecule is COc1c(CN(Cc2ccccc2)CC2CC2)cc(O)c2c1C[C@H]1C[C@H]3[C@H](N(C)C)C(=O)C(C(N)=O)=C(O)[C@@]3(O)C(=O)C1=C2O. The average Bonchev–Trinajstić information content (AvgIpc) is 3.79. The number of rotatable bonds is 9. The summed E-state index contributed by atoms with van der Waals surface area (Å²) in [6, 6.07) is 10.5. The fourth-order valence-corrected chi connectivity index (χ4v) is 7.66. The van der Waals surface area contributed by atoms with Gasteiger partial charge in [0.05, 0.1) is 18.7 Å². The molecule has 6 rings (SSSR count). The number of aliphatic hydroxyl groups is 3. The maximum atomic E-state index is 14.1. The second kappa shape index (κ2) is 11.3. The van der Waals surface area contributed by atoms with Gasteiger partial charge in [0, 0.05) is 42.3 Å². The van der Waals surface area contributed by atoms with Crippen molar-refractivity contribution >= 4 is 23.2 Å². The van der Waals surface area contributed by atoms with Crippen molar-refractivity contribution in [2.45, 2.75) is 50.4 Å². The van der Waals surface area contributed by atoms with Gasteiger partial charge in [-0.05, 0) is 63.2 Å². The van der Waals surface area contributed by atoms with E-state index in [2.05, 4.69) is 17.0 Å². The Morgan fingerprint density at radius 2 is 1.78 bits per heavy atom. The van der Waals surface area contributed by atoms with Crippen LogP contribution in [0.4, 0.5) is 0 Å². The number of carbonyl (C=O) groups is 3. The van der Waals surface area contributed by atoms with E-state index in [4.69, 9.17) is 10.5 Å². The Labute approximate surface area is 261 Å². The number of ketones is 2. The summed E-state index contributed by atoms with van der Waals surface area (Å²) in [4.78, 5) is 43.4. The molecule has 0 radical (unpaired) electrons. The molecule has 0 unspecified atom stereocenters. The van der Waals surface area contributed by atoms with Crippen LogP contribution >= 0.6 is 0 Å². The lowest BCUT2D eigenvalue weighted by atomic mass is 9.57. The molecule has 2 fully saturated rings. The van der Waals surface area contributed by atoms with Crippen LogP contribution in [0.3, 0.4) is 0 Å². The molecule has 2 aromatic rings. The first-order valence-electron chi connectivity index (χ1n) is 15.2. The van der Waals surface area contributed by atoms with Gasteiger partial charge >= 0.3 is 0 Å². The number of nitrogens with zero attached hydrogens (tertiary/aromatic N) is 2. The van der Waals surface area contributed by atoms with Crippen molar-refractivity contribution in [3.05, 3.63) is 75.6 Å². The number of aliphatic hydroxyl groups excluding tert-OH is 2. The number of methoxy groups -OCH3 is 1. The van der Waals surface area contributed by atoms with Gasteiger partial charge in [0.25, 0.3) is 5.91 Å². The number of primary amides is 1. The summed E-state index contributed by atoms with van der Waals surface area (Å²) in [5, 5.41) is 45.7. The zero-order valence-electron chi connectivity index (χ0n) is 25.6. The van der Waals surface area contributed by atoms with Crippen molar-refractivity contribution in [3.63, 3.8) is 0 Å². The first kappa shape index (κ1) is 30.8. The fraction of sp³-hybridized carbons (Fsp3) is 0.441. The first-order valence-corrected chi connectivity index (χ1v) is 15.2. The second-order valence-electron chi connectivity index (χ2n) is 13.0. The summed E-state index contributed by atoms with van der Waals surface area (Å²) in [6.07, 6.45) is 2.53. The standard InChI is InChI=1S/C34H39N3O8/c1-36(2)27-22-12-19-11-21-25(28(39)24(19)31(41)34(22,44)32(42)26(29(27)40)33(35)43)23(38)13-20(30(21)45-3)16-37(15-18-9-10-18)14-17-7-5-4-6-8-17/h4-8,13,18-19,22,27,38-39,42,44H,9-12,14-16H2,1-3H3,(H2,35,43)/t19-,22-,27-,34-/m0/s1. The molecule has 1 amide bonds. The minimum Gasteiger partial charge on any atom is -0.508 e. The Bertz CT molecular complexity index is 1640. The number of Topliss-reactive ketones (excluding diaryl/α,β-unsaturated/α-hetero) is 2. The lowest BCUT2D eigenvalue weighted by Crippen LogP contribution is -2.65. The van der Waals surface area contributed by atoms with Crippen molar-refractivity contribution in [1.29, 1.82) is 0 Å². The molecule has 0 aliphatic heterocycles. The van der Waals surface area contributed by atoms with E-state index in [-0.39, 0.29) is 29.7 Å². The molecule has 6 N–H and O–H groups in total. The molecule has 4 atom stereocenters. The van der Waals surface area contributed by atoms with Crippen LogP contribution in [0.1, 0.15) is 41.5 Å². The van der Waals surface area contributed by atoms with Crippen molar-refractivity contribution in [2.24, 2.45) is 23.5 Å². The zero-order chi connectivity index (χ0) is 32.4. The number of carbonyl (C=O) groups excluding carboxylic acids is 3. The van der Waals surface area contributed by atoms with Gasteiger partial charge in [-0.3, -0.25) is 24.2 Å². The van der Waals surface area contributed by atoms with Gasteiger partial charge in [-0.1, -0.05) is 30.3 Å². The molecule has 11 heteroatoms. The van der Waals surface area contributed by atoms with Crippen LogP contribution < -0.4 is 10.5 Å². The van der Waals surface area contributed by atoms with Gasteiger partial charge < -0.3 is 30.9 Å². The number of ether oxygens (including phenoxy) is 1. The van der Waals surface area contributed by atoms with Crippen LogP contribution in [0.2, 0.25) is 0 Å². The third-order valence-corrected chi connectivity index (χ3v) is 9.81. The summed E-state index contributed by atoms with van der Waals surface area (Å²) >= 11 is 0. The highest BCUT2D eigenvalue weighted by Crippen LogP contribution is 2.54. The van der Waals surface area contributed by atoms with Gasteiger partial charge in [0.15, 0.2) is 11.4 Å². The molecule has 2 aromatic carbocycles. The summed E-state index contributed by atoms with van der Waals surface area (Å²) in [5.74, 6) is -5.71. The van der Waals surface area contributed by atoms with E-state index in [1.165, 1.54) is 30.9 Å². The van der Waals surface area contributed by atoms with E-state index in [9.17, 15) is 34.8 Å². The Hall–Kier alpha value is -4.19. The van der Waals surface area contributed by atoms with Gasteiger partial charge in [0.1, 0.15) is 28.6 Å². The number of hydrogen-bond donors (Lipinski definition) is 5. The highest BCUT2D eigenvalue weighted by molar-refractivity contribution is 6.24. The van der Waals surface area contributed by atoms with Gasteiger partial charge in [-0.15, -0.1) is 0 Å². The second-order valence-corrected chi connectivity index (χ2v) is 13.0. The van der Waals surface area contributed by atoms with Crippen molar-refractivity contribution in [1.82, 2.24) is 9.80 Å². The number of phenolic OH excluding ortho intramolecular Hbond substituents is 1. The maximum absolute atomic E-state index is 14.1. The fourth-order valence-electron chi connectivity index (χ4n) is 7.66. The largest absolute Gasteiger partial charge is 0.508 e. The average molecular weight is 618 g/mol. The molecule has 4 aliphatic rings. The van der Waals surface area contributed by atoms with E-state index in [0.717, 1.165) is 17.7 Å². The number of aromatic hydroxyl groups is 1. The maximum Gasteiger partial charge on any atom is 0.255 e. The minimum absolute atomic E-state index is 0.0156. The molecule has 0 spiro atoms. The molecule has 0 bridgehead atoms.